The molecule has 0 amide bonds. The maximum absolute atomic E-state index is 12.9. The van der Waals surface area contributed by atoms with E-state index in [4.69, 9.17) is 18.4 Å². The van der Waals surface area contributed by atoms with Crippen LogP contribution < -0.4 is 4.74 Å². The summed E-state index contributed by atoms with van der Waals surface area (Å²) in [7, 11) is 3.18. The molecule has 0 radical (unpaired) electrons. The van der Waals surface area contributed by atoms with Gasteiger partial charge >= 0.3 is 5.97 Å². The van der Waals surface area contributed by atoms with Crippen molar-refractivity contribution in [3.63, 3.8) is 0 Å². The molecule has 0 N–H and O–H groups in total. The highest BCUT2D eigenvalue weighted by molar-refractivity contribution is 5.90. The summed E-state index contributed by atoms with van der Waals surface area (Å²) in [6, 6.07) is 7.34. The molecule has 2 aromatic heterocycles. The van der Waals surface area contributed by atoms with Gasteiger partial charge < -0.3 is 18.4 Å². The molecule has 0 aliphatic heterocycles. The molecule has 0 aliphatic rings. The number of rotatable bonds is 8. The summed E-state index contributed by atoms with van der Waals surface area (Å²) in [5.74, 6) is 1.68. The molecule has 0 bridgehead atoms. The number of furan rings is 1. The van der Waals surface area contributed by atoms with Crippen LogP contribution in [0, 0.1) is 12.7 Å². The summed E-state index contributed by atoms with van der Waals surface area (Å²) in [4.78, 5) is 17.8. The van der Waals surface area contributed by atoms with E-state index in [1.165, 1.54) is 31.4 Å². The maximum atomic E-state index is 12.9. The van der Waals surface area contributed by atoms with Crippen molar-refractivity contribution in [3.05, 3.63) is 64.9 Å². The van der Waals surface area contributed by atoms with Crippen LogP contribution in [0.3, 0.4) is 0 Å². The number of ether oxygens (including phenoxy) is 2. The van der Waals surface area contributed by atoms with Crippen molar-refractivity contribution in [3.8, 4) is 5.75 Å². The topological polar surface area (TPSA) is 90.8 Å². The minimum atomic E-state index is -0.433. The highest BCUT2D eigenvalue weighted by Crippen LogP contribution is 2.18. The van der Waals surface area contributed by atoms with Crippen molar-refractivity contribution in [1.29, 1.82) is 0 Å². The van der Waals surface area contributed by atoms with Crippen molar-refractivity contribution in [2.75, 3.05) is 14.2 Å². The van der Waals surface area contributed by atoms with Crippen LogP contribution in [0.2, 0.25) is 0 Å². The van der Waals surface area contributed by atoms with Crippen LogP contribution in [0.5, 0.6) is 5.75 Å². The predicted molar refractivity (Wildman–Crippen MR) is 95.0 cm³/mol. The third-order valence-corrected chi connectivity index (χ3v) is 3.90. The molecule has 8 nitrogen and oxygen atoms in total. The summed E-state index contributed by atoms with van der Waals surface area (Å²) in [5.41, 5.74) is 0.406. The maximum Gasteiger partial charge on any atom is 0.341 e. The van der Waals surface area contributed by atoms with Gasteiger partial charge in [-0.05, 0) is 44.3 Å². The summed E-state index contributed by atoms with van der Waals surface area (Å²) in [6.45, 7) is 2.65. The third kappa shape index (κ3) is 4.95. The second kappa shape index (κ2) is 8.66. The number of nitrogens with zero attached hydrogens (tertiary/aromatic N) is 3. The van der Waals surface area contributed by atoms with Crippen LogP contribution in [-0.2, 0) is 24.4 Å². The highest BCUT2D eigenvalue weighted by atomic mass is 19.1. The molecule has 0 saturated carbocycles. The van der Waals surface area contributed by atoms with E-state index >= 15 is 0 Å². The molecule has 3 rings (SSSR count). The first kappa shape index (κ1) is 19.6. The number of aromatic nitrogens is 2. The van der Waals surface area contributed by atoms with E-state index in [9.17, 15) is 9.18 Å². The van der Waals surface area contributed by atoms with E-state index in [2.05, 4.69) is 10.1 Å². The Morgan fingerprint density at radius 3 is 2.71 bits per heavy atom. The van der Waals surface area contributed by atoms with Gasteiger partial charge in [-0.15, -0.1) is 0 Å². The van der Waals surface area contributed by atoms with Gasteiger partial charge in [0.2, 0.25) is 11.7 Å². The van der Waals surface area contributed by atoms with Crippen LogP contribution >= 0.6 is 0 Å². The molecule has 9 heteroatoms. The average Bonchev–Trinajstić information content (AvgIpc) is 3.26. The van der Waals surface area contributed by atoms with Gasteiger partial charge in [0.1, 0.15) is 28.7 Å². The molecular weight excluding hydrogens is 369 g/mol. The lowest BCUT2D eigenvalue weighted by molar-refractivity contribution is 0.0599. The monoisotopic (exact) mass is 389 g/mol. The highest BCUT2D eigenvalue weighted by Gasteiger charge is 2.17. The van der Waals surface area contributed by atoms with Crippen molar-refractivity contribution in [1.82, 2.24) is 15.0 Å². The van der Waals surface area contributed by atoms with Crippen LogP contribution in [-0.4, -0.2) is 35.2 Å². The Balaban J connectivity index is 1.53. The standard InChI is InChI=1S/C19H20FN3O5/c1-12-16(19(24)25-3)8-15(27-12)9-23(2)10-18-21-17(22-28-18)11-26-14-6-4-13(20)5-7-14/h4-8H,9-11H2,1-3H3. The molecular formula is C19H20FN3O5. The second-order valence-corrected chi connectivity index (χ2v) is 6.19. The lowest BCUT2D eigenvalue weighted by Crippen LogP contribution is -2.17. The Morgan fingerprint density at radius 1 is 1.25 bits per heavy atom. The summed E-state index contributed by atoms with van der Waals surface area (Å²) >= 11 is 0. The minimum absolute atomic E-state index is 0.110. The Bertz CT molecular complexity index is 935. The van der Waals surface area contributed by atoms with Crippen molar-refractivity contribution < 1.29 is 27.6 Å². The van der Waals surface area contributed by atoms with Crippen LogP contribution in [0.1, 0.15) is 33.6 Å². The van der Waals surface area contributed by atoms with Gasteiger partial charge in [0.05, 0.1) is 20.2 Å². The van der Waals surface area contributed by atoms with Crippen molar-refractivity contribution in [2.24, 2.45) is 0 Å². The van der Waals surface area contributed by atoms with E-state index in [1.807, 2.05) is 11.9 Å². The molecule has 0 spiro atoms. The first-order chi connectivity index (χ1) is 13.4. The van der Waals surface area contributed by atoms with Crippen LogP contribution in [0.4, 0.5) is 4.39 Å². The van der Waals surface area contributed by atoms with Gasteiger partial charge in [-0.3, -0.25) is 4.90 Å². The van der Waals surface area contributed by atoms with E-state index in [-0.39, 0.29) is 12.4 Å². The van der Waals surface area contributed by atoms with Gasteiger partial charge in [0.15, 0.2) is 6.61 Å². The number of aryl methyl sites for hydroxylation is 1. The van der Waals surface area contributed by atoms with E-state index < -0.39 is 5.97 Å². The number of halogens is 1. The van der Waals surface area contributed by atoms with Crippen molar-refractivity contribution in [2.45, 2.75) is 26.6 Å². The van der Waals surface area contributed by atoms with E-state index in [0.717, 1.165) is 0 Å². The Hall–Kier alpha value is -3.20. The second-order valence-electron chi connectivity index (χ2n) is 6.19. The summed E-state index contributed by atoms with van der Waals surface area (Å²) in [6.07, 6.45) is 0. The zero-order valence-electron chi connectivity index (χ0n) is 15.8. The molecule has 0 aliphatic carbocycles. The van der Waals surface area contributed by atoms with Crippen molar-refractivity contribution >= 4 is 5.97 Å². The van der Waals surface area contributed by atoms with Gasteiger partial charge in [-0.25, -0.2) is 9.18 Å². The quantitative estimate of drug-likeness (QED) is 0.543. The number of esters is 1. The lowest BCUT2D eigenvalue weighted by Gasteiger charge is -2.11. The zero-order chi connectivity index (χ0) is 20.1. The SMILES string of the molecule is COC(=O)c1cc(CN(C)Cc2nc(COc3ccc(F)cc3)no2)oc1C. The molecule has 2 heterocycles. The van der Waals surface area contributed by atoms with E-state index in [0.29, 0.717) is 47.6 Å². The largest absolute Gasteiger partial charge is 0.485 e. The fraction of sp³-hybridized carbons (Fsp3) is 0.316. The minimum Gasteiger partial charge on any atom is -0.485 e. The molecule has 148 valence electrons. The normalized spacial score (nSPS) is 11.0. The molecule has 0 fully saturated rings. The predicted octanol–water partition coefficient (Wildman–Crippen LogP) is 3.11. The lowest BCUT2D eigenvalue weighted by atomic mass is 10.2. The van der Waals surface area contributed by atoms with Gasteiger partial charge in [0.25, 0.3) is 0 Å². The third-order valence-electron chi connectivity index (χ3n) is 3.90. The number of hydrogen-bond donors (Lipinski definition) is 0. The first-order valence-corrected chi connectivity index (χ1v) is 8.50. The fourth-order valence-electron chi connectivity index (χ4n) is 2.58. The Kier molecular flexibility index (Phi) is 6.05. The summed E-state index contributed by atoms with van der Waals surface area (Å²) < 4.78 is 33.9. The molecule has 3 aromatic rings. The molecule has 0 atom stereocenters. The summed E-state index contributed by atoms with van der Waals surface area (Å²) in [5, 5.41) is 3.86. The van der Waals surface area contributed by atoms with Crippen LogP contribution in [0.25, 0.3) is 0 Å². The van der Waals surface area contributed by atoms with Gasteiger partial charge in [-0.1, -0.05) is 5.16 Å². The first-order valence-electron chi connectivity index (χ1n) is 8.50. The Labute approximate surface area is 160 Å². The zero-order valence-corrected chi connectivity index (χ0v) is 15.8. The van der Waals surface area contributed by atoms with Crippen LogP contribution in [0.15, 0.2) is 39.3 Å². The van der Waals surface area contributed by atoms with E-state index in [1.54, 1.807) is 13.0 Å². The molecule has 0 unspecified atom stereocenters. The van der Waals surface area contributed by atoms with Gasteiger partial charge in [0, 0.05) is 0 Å². The van der Waals surface area contributed by atoms with Gasteiger partial charge in [-0.2, -0.15) is 4.98 Å². The molecule has 0 saturated heterocycles. The number of benzene rings is 1. The number of carbonyl (C=O) groups is 1. The number of carbonyl (C=O) groups excluding carboxylic acids is 1. The Morgan fingerprint density at radius 2 is 2.00 bits per heavy atom. The smallest absolute Gasteiger partial charge is 0.341 e. The number of hydrogen-bond acceptors (Lipinski definition) is 8. The fourth-order valence-corrected chi connectivity index (χ4v) is 2.58. The number of methoxy groups -OCH3 is 1. The molecule has 28 heavy (non-hydrogen) atoms. The molecule has 1 aromatic carbocycles. The average molecular weight is 389 g/mol.